The third-order valence-corrected chi connectivity index (χ3v) is 2.79. The molecule has 1 aromatic carbocycles. The van der Waals surface area contributed by atoms with E-state index in [9.17, 15) is 4.79 Å². The number of ether oxygens (including phenoxy) is 2. The van der Waals surface area contributed by atoms with Gasteiger partial charge in [-0.2, -0.15) is 0 Å². The van der Waals surface area contributed by atoms with E-state index in [2.05, 4.69) is 5.32 Å². The standard InChI is InChI=1S/C14H22N2O3/c1-18-10-12(7-8-15)16-14(17)9-11-5-3-4-6-13(11)19-2/h3-6,12H,7-10,15H2,1-2H3,(H,16,17). The third kappa shape index (κ3) is 5.28. The molecule has 19 heavy (non-hydrogen) atoms. The molecule has 0 radical (unpaired) electrons. The summed E-state index contributed by atoms with van der Waals surface area (Å²) in [4.78, 5) is 12.0. The second kappa shape index (κ2) is 8.50. The van der Waals surface area contributed by atoms with Crippen LogP contribution in [0.4, 0.5) is 0 Å². The van der Waals surface area contributed by atoms with Crippen molar-refractivity contribution in [2.45, 2.75) is 18.9 Å². The van der Waals surface area contributed by atoms with Crippen LogP contribution in [-0.2, 0) is 16.0 Å². The molecule has 3 N–H and O–H groups in total. The first-order valence-corrected chi connectivity index (χ1v) is 6.31. The Morgan fingerprint density at radius 2 is 2.11 bits per heavy atom. The Labute approximate surface area is 114 Å². The maximum Gasteiger partial charge on any atom is 0.224 e. The van der Waals surface area contributed by atoms with Gasteiger partial charge in [-0.15, -0.1) is 0 Å². The lowest BCUT2D eigenvalue weighted by atomic mass is 10.1. The number of hydrogen-bond donors (Lipinski definition) is 2. The zero-order valence-corrected chi connectivity index (χ0v) is 11.5. The van der Waals surface area contributed by atoms with E-state index in [0.717, 1.165) is 11.3 Å². The van der Waals surface area contributed by atoms with Crippen LogP contribution in [0, 0.1) is 0 Å². The second-order valence-electron chi connectivity index (χ2n) is 4.29. The molecule has 0 spiro atoms. The molecule has 5 nitrogen and oxygen atoms in total. The van der Waals surface area contributed by atoms with Crippen LogP contribution in [0.25, 0.3) is 0 Å². The van der Waals surface area contributed by atoms with Crippen molar-refractivity contribution in [3.05, 3.63) is 29.8 Å². The predicted molar refractivity (Wildman–Crippen MR) is 74.2 cm³/mol. The van der Waals surface area contributed by atoms with Crippen molar-refractivity contribution in [1.82, 2.24) is 5.32 Å². The van der Waals surface area contributed by atoms with Gasteiger partial charge < -0.3 is 20.5 Å². The normalized spacial score (nSPS) is 11.9. The fourth-order valence-electron chi connectivity index (χ4n) is 1.90. The van der Waals surface area contributed by atoms with Gasteiger partial charge >= 0.3 is 0 Å². The minimum atomic E-state index is -0.0556. The number of para-hydroxylation sites is 1. The summed E-state index contributed by atoms with van der Waals surface area (Å²) in [5.74, 6) is 0.666. The molecule has 0 saturated heterocycles. The molecule has 5 heteroatoms. The van der Waals surface area contributed by atoms with Crippen molar-refractivity contribution in [3.8, 4) is 5.75 Å². The zero-order chi connectivity index (χ0) is 14.1. The first-order valence-electron chi connectivity index (χ1n) is 6.31. The minimum Gasteiger partial charge on any atom is -0.496 e. The van der Waals surface area contributed by atoms with E-state index in [1.807, 2.05) is 24.3 Å². The molecule has 1 unspecified atom stereocenters. The predicted octanol–water partition coefficient (Wildman–Crippen LogP) is 0.718. The molecule has 1 aromatic rings. The average Bonchev–Trinajstić information content (AvgIpc) is 2.40. The number of benzene rings is 1. The summed E-state index contributed by atoms with van der Waals surface area (Å²) in [6.07, 6.45) is 0.986. The molecule has 0 bridgehead atoms. The molecular weight excluding hydrogens is 244 g/mol. The summed E-state index contributed by atoms with van der Waals surface area (Å²) in [6.45, 7) is 0.984. The lowest BCUT2D eigenvalue weighted by Crippen LogP contribution is -2.40. The van der Waals surface area contributed by atoms with Crippen LogP contribution in [-0.4, -0.2) is 39.3 Å². The van der Waals surface area contributed by atoms with E-state index in [4.69, 9.17) is 15.2 Å². The second-order valence-corrected chi connectivity index (χ2v) is 4.29. The number of methoxy groups -OCH3 is 2. The van der Waals surface area contributed by atoms with Gasteiger partial charge in [-0.25, -0.2) is 0 Å². The first-order chi connectivity index (χ1) is 9.21. The van der Waals surface area contributed by atoms with E-state index in [-0.39, 0.29) is 18.4 Å². The number of rotatable bonds is 8. The Morgan fingerprint density at radius 1 is 1.37 bits per heavy atom. The molecule has 0 aromatic heterocycles. The van der Waals surface area contributed by atoms with Crippen molar-refractivity contribution in [2.75, 3.05) is 27.4 Å². The van der Waals surface area contributed by atoms with Crippen LogP contribution in [0.15, 0.2) is 24.3 Å². The van der Waals surface area contributed by atoms with Crippen LogP contribution in [0.1, 0.15) is 12.0 Å². The number of hydrogen-bond acceptors (Lipinski definition) is 4. The van der Waals surface area contributed by atoms with Crippen molar-refractivity contribution in [3.63, 3.8) is 0 Å². The summed E-state index contributed by atoms with van der Waals surface area (Å²) < 4.78 is 10.3. The number of carbonyl (C=O) groups excluding carboxylic acids is 1. The Kier molecular flexibility index (Phi) is 6.92. The van der Waals surface area contributed by atoms with Gasteiger partial charge in [0.15, 0.2) is 0 Å². The van der Waals surface area contributed by atoms with Crippen LogP contribution >= 0.6 is 0 Å². The van der Waals surface area contributed by atoms with Crippen LogP contribution in [0.2, 0.25) is 0 Å². The van der Waals surface area contributed by atoms with Gasteiger partial charge in [0.05, 0.1) is 26.2 Å². The summed E-state index contributed by atoms with van der Waals surface area (Å²) >= 11 is 0. The monoisotopic (exact) mass is 266 g/mol. The fraction of sp³-hybridized carbons (Fsp3) is 0.500. The topological polar surface area (TPSA) is 73.6 Å². The van der Waals surface area contributed by atoms with E-state index >= 15 is 0 Å². The van der Waals surface area contributed by atoms with E-state index in [1.165, 1.54) is 0 Å². The summed E-state index contributed by atoms with van der Waals surface area (Å²) in [6, 6.07) is 7.44. The molecule has 0 aliphatic carbocycles. The van der Waals surface area contributed by atoms with Gasteiger partial charge in [0.1, 0.15) is 5.75 Å². The molecule has 0 aliphatic heterocycles. The minimum absolute atomic E-state index is 0.0443. The van der Waals surface area contributed by atoms with E-state index < -0.39 is 0 Å². The summed E-state index contributed by atoms with van der Waals surface area (Å²) in [5.41, 5.74) is 6.37. The lowest BCUT2D eigenvalue weighted by molar-refractivity contribution is -0.121. The van der Waals surface area contributed by atoms with Crippen molar-refractivity contribution in [2.24, 2.45) is 5.73 Å². The van der Waals surface area contributed by atoms with Crippen LogP contribution in [0.3, 0.4) is 0 Å². The number of nitrogens with two attached hydrogens (primary N) is 1. The smallest absolute Gasteiger partial charge is 0.224 e. The number of carbonyl (C=O) groups is 1. The SMILES string of the molecule is COCC(CCN)NC(=O)Cc1ccccc1OC. The van der Waals surface area contributed by atoms with Crippen molar-refractivity contribution < 1.29 is 14.3 Å². The van der Waals surface area contributed by atoms with E-state index in [1.54, 1.807) is 14.2 Å². The maximum atomic E-state index is 12.0. The van der Waals surface area contributed by atoms with E-state index in [0.29, 0.717) is 19.6 Å². The zero-order valence-electron chi connectivity index (χ0n) is 11.5. The molecule has 1 rings (SSSR count). The van der Waals surface area contributed by atoms with Gasteiger partial charge in [0, 0.05) is 12.7 Å². The highest BCUT2D eigenvalue weighted by molar-refractivity contribution is 5.79. The molecule has 0 fully saturated rings. The van der Waals surface area contributed by atoms with Crippen molar-refractivity contribution >= 4 is 5.91 Å². The molecule has 0 heterocycles. The number of amides is 1. The molecule has 0 saturated carbocycles. The van der Waals surface area contributed by atoms with Gasteiger partial charge in [-0.05, 0) is 19.0 Å². The molecule has 1 amide bonds. The third-order valence-electron chi connectivity index (χ3n) is 2.79. The first kappa shape index (κ1) is 15.5. The van der Waals surface area contributed by atoms with Gasteiger partial charge in [0.25, 0.3) is 0 Å². The maximum absolute atomic E-state index is 12.0. The van der Waals surface area contributed by atoms with Gasteiger partial charge in [-0.3, -0.25) is 4.79 Å². The summed E-state index contributed by atoms with van der Waals surface area (Å²) in [7, 11) is 3.20. The summed E-state index contributed by atoms with van der Waals surface area (Å²) in [5, 5.41) is 2.92. The Bertz CT molecular complexity index is 390. The molecule has 106 valence electrons. The molecule has 0 aliphatic rings. The Hall–Kier alpha value is -1.59. The Morgan fingerprint density at radius 3 is 2.74 bits per heavy atom. The van der Waals surface area contributed by atoms with Crippen LogP contribution < -0.4 is 15.8 Å². The van der Waals surface area contributed by atoms with Gasteiger partial charge in [-0.1, -0.05) is 18.2 Å². The highest BCUT2D eigenvalue weighted by Gasteiger charge is 2.13. The lowest BCUT2D eigenvalue weighted by Gasteiger charge is -2.17. The Balaban J connectivity index is 2.58. The average molecular weight is 266 g/mol. The highest BCUT2D eigenvalue weighted by Crippen LogP contribution is 2.17. The van der Waals surface area contributed by atoms with Crippen LogP contribution in [0.5, 0.6) is 5.75 Å². The highest BCUT2D eigenvalue weighted by atomic mass is 16.5. The number of nitrogens with one attached hydrogen (secondary N) is 1. The molecule has 1 atom stereocenters. The van der Waals surface area contributed by atoms with Crippen molar-refractivity contribution in [1.29, 1.82) is 0 Å². The fourth-order valence-corrected chi connectivity index (χ4v) is 1.90. The van der Waals surface area contributed by atoms with Gasteiger partial charge in [0.2, 0.25) is 5.91 Å². The quantitative estimate of drug-likeness (QED) is 0.727. The largest absolute Gasteiger partial charge is 0.496 e. The molecular formula is C14H22N2O3.